The van der Waals surface area contributed by atoms with Gasteiger partial charge in [0.25, 0.3) is 0 Å². The number of Topliss-reactive ketones (excluding diaryl/α,β-unsaturated/α-hetero) is 1. The van der Waals surface area contributed by atoms with Crippen LogP contribution in [0.1, 0.15) is 10.4 Å². The molecule has 0 saturated carbocycles. The van der Waals surface area contributed by atoms with E-state index in [0.29, 0.717) is 16.3 Å². The highest BCUT2D eigenvalue weighted by molar-refractivity contribution is 8.00. The lowest BCUT2D eigenvalue weighted by molar-refractivity contribution is 0.102. The SMILES string of the molecule is O=C(CSc1cccc(Cl)c1)c1ccc2cccnc2c1. The average Bonchev–Trinajstić information content (AvgIpc) is 2.52. The molecule has 21 heavy (non-hydrogen) atoms. The number of carbonyl (C=O) groups excluding carboxylic acids is 1. The second kappa shape index (κ2) is 6.29. The Morgan fingerprint density at radius 3 is 2.86 bits per heavy atom. The summed E-state index contributed by atoms with van der Waals surface area (Å²) in [5, 5.41) is 1.72. The normalized spacial score (nSPS) is 10.7. The third-order valence-corrected chi connectivity index (χ3v) is 4.32. The molecule has 1 heterocycles. The predicted molar refractivity (Wildman–Crippen MR) is 88.2 cm³/mol. The zero-order valence-electron chi connectivity index (χ0n) is 11.1. The third-order valence-electron chi connectivity index (χ3n) is 3.09. The second-order valence-corrected chi connectivity index (χ2v) is 6.07. The summed E-state index contributed by atoms with van der Waals surface area (Å²) in [6.07, 6.45) is 1.73. The molecule has 0 fully saturated rings. The number of ketones is 1. The molecule has 3 rings (SSSR count). The quantitative estimate of drug-likeness (QED) is 0.509. The lowest BCUT2D eigenvalue weighted by atomic mass is 10.1. The van der Waals surface area contributed by atoms with E-state index in [9.17, 15) is 4.79 Å². The van der Waals surface area contributed by atoms with Crippen molar-refractivity contribution in [2.75, 3.05) is 5.75 Å². The van der Waals surface area contributed by atoms with E-state index in [4.69, 9.17) is 11.6 Å². The maximum absolute atomic E-state index is 12.3. The number of fused-ring (bicyclic) bond motifs is 1. The van der Waals surface area contributed by atoms with Crippen LogP contribution in [0.25, 0.3) is 10.9 Å². The van der Waals surface area contributed by atoms with Crippen molar-refractivity contribution in [3.05, 3.63) is 71.4 Å². The van der Waals surface area contributed by atoms with E-state index < -0.39 is 0 Å². The first-order chi connectivity index (χ1) is 10.2. The van der Waals surface area contributed by atoms with Gasteiger partial charge in [0, 0.05) is 27.1 Å². The van der Waals surface area contributed by atoms with Gasteiger partial charge in [-0.3, -0.25) is 9.78 Å². The van der Waals surface area contributed by atoms with Crippen molar-refractivity contribution in [2.24, 2.45) is 0 Å². The zero-order valence-corrected chi connectivity index (χ0v) is 12.7. The average molecular weight is 314 g/mol. The zero-order chi connectivity index (χ0) is 14.7. The minimum absolute atomic E-state index is 0.0903. The summed E-state index contributed by atoms with van der Waals surface area (Å²) < 4.78 is 0. The fourth-order valence-electron chi connectivity index (χ4n) is 2.03. The fourth-order valence-corrected chi connectivity index (χ4v) is 3.13. The fraction of sp³-hybridized carbons (Fsp3) is 0.0588. The van der Waals surface area contributed by atoms with Crippen LogP contribution in [-0.4, -0.2) is 16.5 Å². The molecule has 0 atom stereocenters. The molecule has 0 amide bonds. The number of carbonyl (C=O) groups is 1. The first-order valence-electron chi connectivity index (χ1n) is 6.49. The number of hydrogen-bond acceptors (Lipinski definition) is 3. The minimum Gasteiger partial charge on any atom is -0.293 e. The summed E-state index contributed by atoms with van der Waals surface area (Å²) in [6, 6.07) is 17.0. The van der Waals surface area contributed by atoms with Crippen molar-refractivity contribution < 1.29 is 4.79 Å². The molecule has 3 aromatic rings. The smallest absolute Gasteiger partial charge is 0.173 e. The van der Waals surface area contributed by atoms with Gasteiger partial charge in [-0.25, -0.2) is 0 Å². The van der Waals surface area contributed by atoms with E-state index in [0.717, 1.165) is 15.8 Å². The van der Waals surface area contributed by atoms with Gasteiger partial charge in [0.2, 0.25) is 0 Å². The number of aromatic nitrogens is 1. The molecule has 0 spiro atoms. The summed E-state index contributed by atoms with van der Waals surface area (Å²) >= 11 is 7.42. The van der Waals surface area contributed by atoms with Crippen LogP contribution in [0.15, 0.2) is 65.7 Å². The molecule has 4 heteroatoms. The van der Waals surface area contributed by atoms with E-state index >= 15 is 0 Å². The van der Waals surface area contributed by atoms with Gasteiger partial charge < -0.3 is 0 Å². The van der Waals surface area contributed by atoms with Crippen molar-refractivity contribution in [1.29, 1.82) is 0 Å². The molecule has 0 N–H and O–H groups in total. The molecule has 0 saturated heterocycles. The predicted octanol–water partition coefficient (Wildman–Crippen LogP) is 4.86. The first kappa shape index (κ1) is 14.1. The molecule has 0 aliphatic rings. The van der Waals surface area contributed by atoms with E-state index in [1.807, 2.05) is 54.6 Å². The molecule has 0 aliphatic carbocycles. The van der Waals surface area contributed by atoms with E-state index in [1.165, 1.54) is 11.8 Å². The molecule has 0 radical (unpaired) electrons. The highest BCUT2D eigenvalue weighted by Gasteiger charge is 2.08. The number of halogens is 1. The van der Waals surface area contributed by atoms with Gasteiger partial charge in [0.1, 0.15) is 0 Å². The van der Waals surface area contributed by atoms with Crippen molar-refractivity contribution in [2.45, 2.75) is 4.90 Å². The molecule has 2 nitrogen and oxygen atoms in total. The van der Waals surface area contributed by atoms with Crippen LogP contribution in [0.2, 0.25) is 5.02 Å². The number of hydrogen-bond donors (Lipinski definition) is 0. The number of pyridine rings is 1. The minimum atomic E-state index is 0.0903. The van der Waals surface area contributed by atoms with Gasteiger partial charge in [0.05, 0.1) is 11.3 Å². The van der Waals surface area contributed by atoms with E-state index in [1.54, 1.807) is 6.20 Å². The summed E-state index contributed by atoms with van der Waals surface area (Å²) in [5.74, 6) is 0.478. The molecular weight excluding hydrogens is 302 g/mol. The monoisotopic (exact) mass is 313 g/mol. The van der Waals surface area contributed by atoms with Gasteiger partial charge in [-0.2, -0.15) is 0 Å². The standard InChI is InChI=1S/C17H12ClNOS/c18-14-4-1-5-15(10-14)21-11-17(20)13-7-6-12-3-2-8-19-16(12)9-13/h1-10H,11H2. The van der Waals surface area contributed by atoms with Crippen LogP contribution in [0.5, 0.6) is 0 Å². The maximum Gasteiger partial charge on any atom is 0.173 e. The highest BCUT2D eigenvalue weighted by atomic mass is 35.5. The molecule has 0 bridgehead atoms. The summed E-state index contributed by atoms with van der Waals surface area (Å²) in [6.45, 7) is 0. The lowest BCUT2D eigenvalue weighted by Gasteiger charge is -2.04. The molecule has 0 unspecified atom stereocenters. The topological polar surface area (TPSA) is 30.0 Å². The molecule has 1 aromatic heterocycles. The first-order valence-corrected chi connectivity index (χ1v) is 7.85. The summed E-state index contributed by atoms with van der Waals surface area (Å²) in [4.78, 5) is 17.5. The largest absolute Gasteiger partial charge is 0.293 e. The number of thioether (sulfide) groups is 1. The molecular formula is C17H12ClNOS. The Morgan fingerprint density at radius 1 is 1.10 bits per heavy atom. The Hall–Kier alpha value is -1.84. The van der Waals surface area contributed by atoms with Crippen LogP contribution < -0.4 is 0 Å². The second-order valence-electron chi connectivity index (χ2n) is 4.58. The summed E-state index contributed by atoms with van der Waals surface area (Å²) in [5.41, 5.74) is 1.53. The number of rotatable bonds is 4. The Bertz CT molecular complexity index is 803. The molecule has 104 valence electrons. The van der Waals surface area contributed by atoms with Crippen LogP contribution >= 0.6 is 23.4 Å². The van der Waals surface area contributed by atoms with Gasteiger partial charge in [0.15, 0.2) is 5.78 Å². The van der Waals surface area contributed by atoms with Crippen LogP contribution in [0.3, 0.4) is 0 Å². The van der Waals surface area contributed by atoms with Gasteiger partial charge in [-0.15, -0.1) is 11.8 Å². The molecule has 0 aliphatic heterocycles. The Balaban J connectivity index is 1.74. The number of nitrogens with zero attached hydrogens (tertiary/aromatic N) is 1. The summed E-state index contributed by atoms with van der Waals surface area (Å²) in [7, 11) is 0. The maximum atomic E-state index is 12.3. The van der Waals surface area contributed by atoms with Crippen LogP contribution in [0.4, 0.5) is 0 Å². The Morgan fingerprint density at radius 2 is 2.00 bits per heavy atom. The van der Waals surface area contributed by atoms with Crippen molar-refractivity contribution in [1.82, 2.24) is 4.98 Å². The van der Waals surface area contributed by atoms with E-state index in [-0.39, 0.29) is 5.78 Å². The van der Waals surface area contributed by atoms with Gasteiger partial charge in [-0.1, -0.05) is 35.9 Å². The van der Waals surface area contributed by atoms with Gasteiger partial charge in [-0.05, 0) is 30.3 Å². The van der Waals surface area contributed by atoms with Crippen molar-refractivity contribution in [3.63, 3.8) is 0 Å². The number of benzene rings is 2. The Kier molecular flexibility index (Phi) is 4.23. The van der Waals surface area contributed by atoms with Crippen LogP contribution in [0, 0.1) is 0 Å². The van der Waals surface area contributed by atoms with Crippen molar-refractivity contribution >= 4 is 40.0 Å². The Labute approximate surface area is 132 Å². The van der Waals surface area contributed by atoms with Crippen molar-refractivity contribution in [3.8, 4) is 0 Å². The van der Waals surface area contributed by atoms with Gasteiger partial charge >= 0.3 is 0 Å². The van der Waals surface area contributed by atoms with Crippen LogP contribution in [-0.2, 0) is 0 Å². The molecule has 2 aromatic carbocycles. The highest BCUT2D eigenvalue weighted by Crippen LogP contribution is 2.23. The lowest BCUT2D eigenvalue weighted by Crippen LogP contribution is -2.02. The van der Waals surface area contributed by atoms with E-state index in [2.05, 4.69) is 4.98 Å². The third kappa shape index (κ3) is 3.43.